The second-order valence-corrected chi connectivity index (χ2v) is 5.02. The van der Waals surface area contributed by atoms with Crippen LogP contribution in [0.1, 0.15) is 29.2 Å². The SMILES string of the molecule is COc1ccc2c(c1)[C@@H](NCc1ccccc1)CC2. The number of fused-ring (bicyclic) bond motifs is 1. The number of methoxy groups -OCH3 is 1. The van der Waals surface area contributed by atoms with E-state index in [1.807, 2.05) is 0 Å². The Bertz CT molecular complexity index is 550. The summed E-state index contributed by atoms with van der Waals surface area (Å²) in [6, 6.07) is 17.4. The van der Waals surface area contributed by atoms with Crippen molar-refractivity contribution in [3.8, 4) is 5.75 Å². The van der Waals surface area contributed by atoms with E-state index in [2.05, 4.69) is 53.8 Å². The molecule has 0 aromatic heterocycles. The quantitative estimate of drug-likeness (QED) is 0.900. The van der Waals surface area contributed by atoms with Crippen LogP contribution in [0.3, 0.4) is 0 Å². The van der Waals surface area contributed by atoms with Crippen LogP contribution in [0, 0.1) is 0 Å². The van der Waals surface area contributed by atoms with Crippen molar-refractivity contribution in [1.82, 2.24) is 5.32 Å². The summed E-state index contributed by atoms with van der Waals surface area (Å²) in [5.41, 5.74) is 4.18. The first-order valence-electron chi connectivity index (χ1n) is 6.81. The normalized spacial score (nSPS) is 17.2. The molecule has 3 rings (SSSR count). The minimum atomic E-state index is 0.449. The molecule has 0 saturated heterocycles. The Morgan fingerprint density at radius 2 is 2.00 bits per heavy atom. The molecule has 0 spiro atoms. The van der Waals surface area contributed by atoms with Crippen LogP contribution in [0.5, 0.6) is 5.75 Å². The molecular formula is C17H19NO. The molecule has 0 fully saturated rings. The van der Waals surface area contributed by atoms with E-state index >= 15 is 0 Å². The lowest BCUT2D eigenvalue weighted by molar-refractivity contribution is 0.413. The van der Waals surface area contributed by atoms with Gasteiger partial charge in [0, 0.05) is 12.6 Å². The van der Waals surface area contributed by atoms with E-state index in [1.54, 1.807) is 7.11 Å². The second kappa shape index (κ2) is 5.45. The van der Waals surface area contributed by atoms with Crippen molar-refractivity contribution in [1.29, 1.82) is 0 Å². The molecule has 0 amide bonds. The van der Waals surface area contributed by atoms with Crippen molar-refractivity contribution in [2.24, 2.45) is 0 Å². The molecule has 0 unspecified atom stereocenters. The average Bonchev–Trinajstić information content (AvgIpc) is 2.88. The number of aryl methyl sites for hydroxylation is 1. The third kappa shape index (κ3) is 2.64. The highest BCUT2D eigenvalue weighted by atomic mass is 16.5. The van der Waals surface area contributed by atoms with E-state index in [1.165, 1.54) is 23.1 Å². The van der Waals surface area contributed by atoms with Crippen LogP contribution in [-0.4, -0.2) is 7.11 Å². The predicted octanol–water partition coefficient (Wildman–Crippen LogP) is 3.47. The Morgan fingerprint density at radius 3 is 2.79 bits per heavy atom. The third-order valence-electron chi connectivity index (χ3n) is 3.83. The van der Waals surface area contributed by atoms with Crippen molar-refractivity contribution in [3.63, 3.8) is 0 Å². The molecule has 0 aliphatic heterocycles. The van der Waals surface area contributed by atoms with Gasteiger partial charge in [0.25, 0.3) is 0 Å². The van der Waals surface area contributed by atoms with Gasteiger partial charge >= 0.3 is 0 Å². The van der Waals surface area contributed by atoms with Gasteiger partial charge in [0.2, 0.25) is 0 Å². The Kier molecular flexibility index (Phi) is 3.51. The number of nitrogens with one attached hydrogen (secondary N) is 1. The van der Waals surface area contributed by atoms with Crippen LogP contribution in [-0.2, 0) is 13.0 Å². The van der Waals surface area contributed by atoms with Crippen LogP contribution >= 0.6 is 0 Å². The fraction of sp³-hybridized carbons (Fsp3) is 0.294. The van der Waals surface area contributed by atoms with Gasteiger partial charge in [-0.05, 0) is 41.7 Å². The maximum absolute atomic E-state index is 5.32. The van der Waals surface area contributed by atoms with Crippen molar-refractivity contribution >= 4 is 0 Å². The molecule has 2 aromatic rings. The zero-order chi connectivity index (χ0) is 13.1. The smallest absolute Gasteiger partial charge is 0.119 e. The minimum Gasteiger partial charge on any atom is -0.497 e. The van der Waals surface area contributed by atoms with Crippen LogP contribution in [0.2, 0.25) is 0 Å². The van der Waals surface area contributed by atoms with Gasteiger partial charge in [-0.3, -0.25) is 0 Å². The second-order valence-electron chi connectivity index (χ2n) is 5.02. The van der Waals surface area contributed by atoms with E-state index in [-0.39, 0.29) is 0 Å². The van der Waals surface area contributed by atoms with Crippen molar-refractivity contribution in [2.75, 3.05) is 7.11 Å². The maximum atomic E-state index is 5.32. The topological polar surface area (TPSA) is 21.3 Å². The lowest BCUT2D eigenvalue weighted by atomic mass is 10.1. The van der Waals surface area contributed by atoms with Gasteiger partial charge in [-0.2, -0.15) is 0 Å². The molecule has 1 aliphatic carbocycles. The van der Waals surface area contributed by atoms with E-state index in [0.717, 1.165) is 18.7 Å². The van der Waals surface area contributed by atoms with Crippen LogP contribution < -0.4 is 10.1 Å². The minimum absolute atomic E-state index is 0.449. The number of hydrogen-bond acceptors (Lipinski definition) is 2. The maximum Gasteiger partial charge on any atom is 0.119 e. The monoisotopic (exact) mass is 253 g/mol. The molecule has 0 saturated carbocycles. The van der Waals surface area contributed by atoms with Crippen molar-refractivity contribution < 1.29 is 4.74 Å². The molecule has 1 atom stereocenters. The largest absolute Gasteiger partial charge is 0.497 e. The summed E-state index contributed by atoms with van der Waals surface area (Å²) in [4.78, 5) is 0. The molecule has 0 heterocycles. The number of hydrogen-bond donors (Lipinski definition) is 1. The van der Waals surface area contributed by atoms with Gasteiger partial charge in [0.05, 0.1) is 7.11 Å². The highest BCUT2D eigenvalue weighted by Gasteiger charge is 2.22. The molecule has 0 bridgehead atoms. The first-order valence-corrected chi connectivity index (χ1v) is 6.81. The van der Waals surface area contributed by atoms with E-state index in [9.17, 15) is 0 Å². The zero-order valence-electron chi connectivity index (χ0n) is 11.2. The van der Waals surface area contributed by atoms with Gasteiger partial charge in [-0.1, -0.05) is 36.4 Å². The highest BCUT2D eigenvalue weighted by Crippen LogP contribution is 2.33. The molecule has 2 aromatic carbocycles. The Hall–Kier alpha value is -1.80. The van der Waals surface area contributed by atoms with E-state index in [4.69, 9.17) is 4.74 Å². The summed E-state index contributed by atoms with van der Waals surface area (Å²) >= 11 is 0. The third-order valence-corrected chi connectivity index (χ3v) is 3.83. The van der Waals surface area contributed by atoms with Gasteiger partial charge in [0.15, 0.2) is 0 Å². The Balaban J connectivity index is 1.72. The van der Waals surface area contributed by atoms with Crippen LogP contribution in [0.15, 0.2) is 48.5 Å². The Morgan fingerprint density at radius 1 is 1.16 bits per heavy atom. The van der Waals surface area contributed by atoms with Crippen LogP contribution in [0.25, 0.3) is 0 Å². The molecule has 2 nitrogen and oxygen atoms in total. The summed E-state index contributed by atoms with van der Waals surface area (Å²) in [6.45, 7) is 0.919. The average molecular weight is 253 g/mol. The molecule has 98 valence electrons. The molecule has 19 heavy (non-hydrogen) atoms. The lowest BCUT2D eigenvalue weighted by Crippen LogP contribution is -2.18. The molecule has 0 radical (unpaired) electrons. The van der Waals surface area contributed by atoms with E-state index in [0.29, 0.717) is 6.04 Å². The van der Waals surface area contributed by atoms with Gasteiger partial charge in [-0.25, -0.2) is 0 Å². The summed E-state index contributed by atoms with van der Waals surface area (Å²) in [6.07, 6.45) is 2.33. The fourth-order valence-electron chi connectivity index (χ4n) is 2.76. The standard InChI is InChI=1S/C17H19NO/c1-19-15-9-7-14-8-10-17(16(14)11-15)18-12-13-5-3-2-4-6-13/h2-7,9,11,17-18H,8,10,12H2,1H3/t17-/m0/s1. The van der Waals surface area contributed by atoms with Gasteiger partial charge in [-0.15, -0.1) is 0 Å². The van der Waals surface area contributed by atoms with E-state index < -0.39 is 0 Å². The fourth-order valence-corrected chi connectivity index (χ4v) is 2.76. The van der Waals surface area contributed by atoms with Gasteiger partial charge in [0.1, 0.15) is 5.75 Å². The summed E-state index contributed by atoms with van der Waals surface area (Å²) in [7, 11) is 1.73. The molecule has 1 aliphatic rings. The highest BCUT2D eigenvalue weighted by molar-refractivity contribution is 5.40. The summed E-state index contributed by atoms with van der Waals surface area (Å²) < 4.78 is 5.32. The predicted molar refractivity (Wildman–Crippen MR) is 77.3 cm³/mol. The zero-order valence-corrected chi connectivity index (χ0v) is 11.2. The number of benzene rings is 2. The van der Waals surface area contributed by atoms with Crippen LogP contribution in [0.4, 0.5) is 0 Å². The van der Waals surface area contributed by atoms with Crippen molar-refractivity contribution in [2.45, 2.75) is 25.4 Å². The first-order chi connectivity index (χ1) is 9.36. The summed E-state index contributed by atoms with van der Waals surface area (Å²) in [5.74, 6) is 0.951. The summed E-state index contributed by atoms with van der Waals surface area (Å²) in [5, 5.41) is 3.65. The Labute approximate surface area is 114 Å². The molecular weight excluding hydrogens is 234 g/mol. The van der Waals surface area contributed by atoms with Crippen molar-refractivity contribution in [3.05, 3.63) is 65.2 Å². The number of rotatable bonds is 4. The first kappa shape index (κ1) is 12.2. The molecule has 1 N–H and O–H groups in total. The number of ether oxygens (including phenoxy) is 1. The lowest BCUT2D eigenvalue weighted by Gasteiger charge is -2.15. The molecule has 2 heteroatoms. The van der Waals surface area contributed by atoms with Gasteiger partial charge < -0.3 is 10.1 Å².